The maximum atomic E-state index is 14.1. The Hall–Kier alpha value is -3.00. The largest absolute Gasteiger partial charge is 0.363 e. The van der Waals surface area contributed by atoms with Crippen LogP contribution in [0.3, 0.4) is 0 Å². The van der Waals surface area contributed by atoms with Gasteiger partial charge in [-0.1, -0.05) is 6.07 Å². The molecule has 1 saturated carbocycles. The fraction of sp³-hybridized carbons (Fsp3) is 0.381. The fourth-order valence-corrected chi connectivity index (χ4v) is 3.62. The molecule has 7 nitrogen and oxygen atoms in total. The van der Waals surface area contributed by atoms with Gasteiger partial charge in [-0.3, -0.25) is 9.20 Å². The number of imidazole rings is 1. The van der Waals surface area contributed by atoms with Crippen molar-refractivity contribution in [3.63, 3.8) is 0 Å². The second kappa shape index (κ2) is 7.44. The third kappa shape index (κ3) is 3.80. The molecule has 2 fully saturated rings. The predicted octanol–water partition coefficient (Wildman–Crippen LogP) is 2.40. The van der Waals surface area contributed by atoms with Crippen molar-refractivity contribution in [3.05, 3.63) is 48.3 Å². The van der Waals surface area contributed by atoms with Gasteiger partial charge < -0.3 is 16.0 Å². The van der Waals surface area contributed by atoms with Crippen LogP contribution in [0.5, 0.6) is 0 Å². The summed E-state index contributed by atoms with van der Waals surface area (Å²) in [6, 6.07) is 9.23. The van der Waals surface area contributed by atoms with E-state index in [1.807, 2.05) is 28.8 Å². The van der Waals surface area contributed by atoms with Crippen molar-refractivity contribution < 1.29 is 9.18 Å². The van der Waals surface area contributed by atoms with E-state index in [2.05, 4.69) is 25.9 Å². The highest BCUT2D eigenvalue weighted by Crippen LogP contribution is 2.23. The summed E-state index contributed by atoms with van der Waals surface area (Å²) in [4.78, 5) is 21.4. The van der Waals surface area contributed by atoms with E-state index >= 15 is 0 Å². The van der Waals surface area contributed by atoms with Crippen LogP contribution in [0.1, 0.15) is 29.6 Å². The van der Waals surface area contributed by atoms with Crippen molar-refractivity contribution in [2.24, 2.45) is 0 Å². The molecule has 1 amide bonds. The van der Waals surface area contributed by atoms with Crippen LogP contribution < -0.4 is 16.0 Å². The Morgan fingerprint density at radius 1 is 1.24 bits per heavy atom. The molecule has 3 N–H and O–H groups in total. The van der Waals surface area contributed by atoms with Gasteiger partial charge in [0.15, 0.2) is 0 Å². The first-order chi connectivity index (χ1) is 14.2. The Kier molecular flexibility index (Phi) is 4.63. The quantitative estimate of drug-likeness (QED) is 0.619. The molecule has 3 aromatic heterocycles. The van der Waals surface area contributed by atoms with E-state index in [0.29, 0.717) is 42.6 Å². The van der Waals surface area contributed by atoms with Crippen LogP contribution in [-0.4, -0.2) is 51.6 Å². The summed E-state index contributed by atoms with van der Waals surface area (Å²) in [5, 5.41) is 9.39. The van der Waals surface area contributed by atoms with E-state index < -0.39 is 6.17 Å². The van der Waals surface area contributed by atoms with Crippen molar-refractivity contribution in [1.29, 1.82) is 0 Å². The van der Waals surface area contributed by atoms with Gasteiger partial charge in [-0.15, -0.1) is 0 Å². The number of halogens is 1. The third-order valence-electron chi connectivity index (χ3n) is 5.43. The molecule has 0 unspecified atom stereocenters. The Balaban J connectivity index is 1.39. The van der Waals surface area contributed by atoms with Gasteiger partial charge >= 0.3 is 0 Å². The lowest BCUT2D eigenvalue weighted by Crippen LogP contribution is -2.46. The van der Waals surface area contributed by atoms with Gasteiger partial charge in [0.05, 0.1) is 23.6 Å². The number of fused-ring (bicyclic) bond motifs is 1. The summed E-state index contributed by atoms with van der Waals surface area (Å²) in [5.74, 6) is 0.569. The van der Waals surface area contributed by atoms with Gasteiger partial charge in [-0.25, -0.2) is 14.4 Å². The number of alkyl halides is 1. The molecule has 0 bridgehead atoms. The van der Waals surface area contributed by atoms with Crippen molar-refractivity contribution in [2.45, 2.75) is 37.5 Å². The second-order valence-corrected chi connectivity index (χ2v) is 7.70. The predicted molar refractivity (Wildman–Crippen MR) is 109 cm³/mol. The minimum atomic E-state index is -0.891. The first kappa shape index (κ1) is 18.1. The van der Waals surface area contributed by atoms with Gasteiger partial charge in [-0.2, -0.15) is 0 Å². The lowest BCUT2D eigenvalue weighted by molar-refractivity contribution is 0.0951. The standard InChI is InChI=1S/C21H23FN6O/c22-15-6-8-23-11-17(15)27-19-3-1-2-16(26-19)18-12-24-20-10-13(7-9-28(18)20)21(29)25-14-4-5-14/h1-3,7,9-10,12,14-15,17,23H,4-6,8,11H2,(H,25,29)(H,26,27)/t15-,17-/m0/s1. The van der Waals surface area contributed by atoms with E-state index in [0.717, 1.165) is 24.2 Å². The summed E-state index contributed by atoms with van der Waals surface area (Å²) >= 11 is 0. The Morgan fingerprint density at radius 3 is 2.97 bits per heavy atom. The highest BCUT2D eigenvalue weighted by Gasteiger charge is 2.25. The average Bonchev–Trinajstić information content (AvgIpc) is 3.45. The second-order valence-electron chi connectivity index (χ2n) is 7.70. The fourth-order valence-electron chi connectivity index (χ4n) is 3.62. The van der Waals surface area contributed by atoms with Crippen LogP contribution in [0.4, 0.5) is 10.2 Å². The van der Waals surface area contributed by atoms with Crippen LogP contribution in [0.2, 0.25) is 0 Å². The summed E-state index contributed by atoms with van der Waals surface area (Å²) in [6.07, 6.45) is 5.29. The van der Waals surface area contributed by atoms with Crippen LogP contribution in [-0.2, 0) is 0 Å². The maximum Gasteiger partial charge on any atom is 0.251 e. The van der Waals surface area contributed by atoms with Crippen molar-refractivity contribution in [2.75, 3.05) is 18.4 Å². The molecular formula is C21H23FN6O. The topological polar surface area (TPSA) is 83.4 Å². The van der Waals surface area contributed by atoms with Gasteiger partial charge in [-0.05, 0) is 50.1 Å². The van der Waals surface area contributed by atoms with Gasteiger partial charge in [0.25, 0.3) is 5.91 Å². The Morgan fingerprint density at radius 2 is 2.14 bits per heavy atom. The zero-order chi connectivity index (χ0) is 19.8. The zero-order valence-electron chi connectivity index (χ0n) is 15.9. The number of amides is 1. The van der Waals surface area contributed by atoms with Crippen LogP contribution in [0, 0.1) is 0 Å². The Bertz CT molecular complexity index is 1050. The Labute approximate surface area is 167 Å². The first-order valence-corrected chi connectivity index (χ1v) is 10.0. The maximum absolute atomic E-state index is 14.1. The number of piperidine rings is 1. The van der Waals surface area contributed by atoms with Crippen LogP contribution >= 0.6 is 0 Å². The van der Waals surface area contributed by atoms with Gasteiger partial charge in [0.1, 0.15) is 17.6 Å². The van der Waals surface area contributed by atoms with Gasteiger partial charge in [0.2, 0.25) is 0 Å². The van der Waals surface area contributed by atoms with Gasteiger partial charge in [0, 0.05) is 24.3 Å². The van der Waals surface area contributed by atoms with Crippen molar-refractivity contribution in [1.82, 2.24) is 25.0 Å². The molecule has 1 aliphatic heterocycles. The number of rotatable bonds is 5. The number of hydrogen-bond acceptors (Lipinski definition) is 5. The molecule has 0 aromatic carbocycles. The smallest absolute Gasteiger partial charge is 0.251 e. The number of pyridine rings is 2. The monoisotopic (exact) mass is 394 g/mol. The van der Waals surface area contributed by atoms with E-state index in [1.165, 1.54) is 0 Å². The highest BCUT2D eigenvalue weighted by molar-refractivity contribution is 5.95. The number of aromatic nitrogens is 3. The molecule has 1 aliphatic carbocycles. The van der Waals surface area contributed by atoms with Crippen LogP contribution in [0.15, 0.2) is 42.7 Å². The summed E-state index contributed by atoms with van der Waals surface area (Å²) in [6.45, 7) is 1.28. The van der Waals surface area contributed by atoms with Crippen molar-refractivity contribution in [3.8, 4) is 11.4 Å². The first-order valence-electron chi connectivity index (χ1n) is 10.0. The molecule has 5 rings (SSSR count). The van der Waals surface area contributed by atoms with E-state index in [1.54, 1.807) is 18.3 Å². The average molecular weight is 394 g/mol. The molecule has 29 heavy (non-hydrogen) atoms. The third-order valence-corrected chi connectivity index (χ3v) is 5.43. The molecule has 2 atom stereocenters. The number of hydrogen-bond donors (Lipinski definition) is 3. The summed E-state index contributed by atoms with van der Waals surface area (Å²) in [5.41, 5.74) is 2.83. The highest BCUT2D eigenvalue weighted by atomic mass is 19.1. The summed E-state index contributed by atoms with van der Waals surface area (Å²) < 4.78 is 16.0. The van der Waals surface area contributed by atoms with E-state index in [-0.39, 0.29) is 11.9 Å². The number of carbonyl (C=O) groups excluding carboxylic acids is 1. The number of nitrogens with zero attached hydrogens (tertiary/aromatic N) is 3. The molecule has 0 spiro atoms. The molecule has 8 heteroatoms. The number of nitrogens with one attached hydrogen (secondary N) is 3. The van der Waals surface area contributed by atoms with Crippen LogP contribution in [0.25, 0.3) is 17.0 Å². The lowest BCUT2D eigenvalue weighted by atomic mass is 10.1. The zero-order valence-corrected chi connectivity index (χ0v) is 15.9. The molecule has 2 aliphatic rings. The summed E-state index contributed by atoms with van der Waals surface area (Å²) in [7, 11) is 0. The number of anilines is 1. The molecule has 4 heterocycles. The molecule has 0 radical (unpaired) electrons. The molecule has 1 saturated heterocycles. The molecular weight excluding hydrogens is 371 g/mol. The van der Waals surface area contributed by atoms with E-state index in [4.69, 9.17) is 0 Å². The normalized spacial score (nSPS) is 21.8. The molecule has 150 valence electrons. The van der Waals surface area contributed by atoms with E-state index in [9.17, 15) is 9.18 Å². The molecule has 3 aromatic rings. The lowest BCUT2D eigenvalue weighted by Gasteiger charge is -2.28. The minimum absolute atomic E-state index is 0.0641. The SMILES string of the molecule is O=C(NC1CC1)c1ccn2c(-c3cccc(N[C@H]4CNCC[C@@H]4F)n3)cnc2c1. The van der Waals surface area contributed by atoms with Crippen molar-refractivity contribution >= 4 is 17.4 Å². The number of carbonyl (C=O) groups is 1. The minimum Gasteiger partial charge on any atom is -0.363 e.